The fourth-order valence-corrected chi connectivity index (χ4v) is 3.93. The molecule has 0 spiro atoms. The summed E-state index contributed by atoms with van der Waals surface area (Å²) in [5.41, 5.74) is 6.01. The van der Waals surface area contributed by atoms with E-state index in [2.05, 4.69) is 24.3 Å². The summed E-state index contributed by atoms with van der Waals surface area (Å²) < 4.78 is 0. The van der Waals surface area contributed by atoms with Crippen LogP contribution < -0.4 is 0 Å². The highest BCUT2D eigenvalue weighted by Crippen LogP contribution is 2.42. The van der Waals surface area contributed by atoms with Gasteiger partial charge in [-0.15, -0.1) is 11.6 Å². The highest BCUT2D eigenvalue weighted by Gasteiger charge is 2.24. The summed E-state index contributed by atoms with van der Waals surface area (Å²) in [7, 11) is 0. The summed E-state index contributed by atoms with van der Waals surface area (Å²) in [6, 6.07) is 9.18. The quantitative estimate of drug-likeness (QED) is 0.595. The molecule has 2 aromatic rings. The number of alkyl halides is 1. The van der Waals surface area contributed by atoms with Crippen LogP contribution in [0.2, 0.25) is 0 Å². The van der Waals surface area contributed by atoms with Crippen molar-refractivity contribution < 1.29 is 0 Å². The summed E-state index contributed by atoms with van der Waals surface area (Å²) in [6.07, 6.45) is 5.99. The van der Waals surface area contributed by atoms with Gasteiger partial charge < -0.3 is 0 Å². The third kappa shape index (κ3) is 1.31. The molecule has 0 saturated heterocycles. The van der Waals surface area contributed by atoms with Gasteiger partial charge in [0.15, 0.2) is 0 Å². The number of benzene rings is 2. The Balaban J connectivity index is 2.14. The van der Waals surface area contributed by atoms with Crippen molar-refractivity contribution in [2.45, 2.75) is 37.5 Å². The molecule has 1 atom stereocenters. The molecule has 1 unspecified atom stereocenters. The molecule has 0 amide bonds. The lowest BCUT2D eigenvalue weighted by Gasteiger charge is -2.23. The summed E-state index contributed by atoms with van der Waals surface area (Å²) in [6.45, 7) is 0. The molecular formula is C16H15Cl. The number of hydrogen-bond acceptors (Lipinski definition) is 0. The summed E-state index contributed by atoms with van der Waals surface area (Å²) >= 11 is 6.49. The Kier molecular flexibility index (Phi) is 2.05. The second kappa shape index (κ2) is 3.49. The van der Waals surface area contributed by atoms with E-state index >= 15 is 0 Å². The SMILES string of the molecule is ClC1CCCc2c1cc1c3c(cccc23)CC1. The first-order valence-electron chi connectivity index (χ1n) is 6.55. The van der Waals surface area contributed by atoms with Crippen LogP contribution in [0.25, 0.3) is 10.8 Å². The van der Waals surface area contributed by atoms with Gasteiger partial charge in [0, 0.05) is 0 Å². The zero-order valence-corrected chi connectivity index (χ0v) is 10.6. The van der Waals surface area contributed by atoms with Crippen LogP contribution in [0, 0.1) is 0 Å². The normalized spacial score (nSPS) is 21.8. The Labute approximate surface area is 107 Å². The first-order valence-corrected chi connectivity index (χ1v) is 6.98. The lowest BCUT2D eigenvalue weighted by atomic mass is 9.85. The van der Waals surface area contributed by atoms with E-state index in [9.17, 15) is 0 Å². The van der Waals surface area contributed by atoms with Gasteiger partial charge >= 0.3 is 0 Å². The molecule has 0 fully saturated rings. The molecule has 0 heterocycles. The molecule has 0 aliphatic heterocycles. The Morgan fingerprint density at radius 3 is 2.88 bits per heavy atom. The first-order chi connectivity index (χ1) is 8.34. The number of hydrogen-bond donors (Lipinski definition) is 0. The summed E-state index contributed by atoms with van der Waals surface area (Å²) in [5.74, 6) is 0. The van der Waals surface area contributed by atoms with Gasteiger partial charge in [-0.25, -0.2) is 0 Å². The fourth-order valence-electron chi connectivity index (χ4n) is 3.58. The van der Waals surface area contributed by atoms with Crippen LogP contribution in [-0.2, 0) is 19.3 Å². The molecule has 0 N–H and O–H groups in total. The molecule has 0 bridgehead atoms. The van der Waals surface area contributed by atoms with E-state index in [0.717, 1.165) is 6.42 Å². The Bertz CT molecular complexity index is 612. The molecule has 2 aromatic carbocycles. The maximum atomic E-state index is 6.49. The molecule has 0 saturated carbocycles. The molecule has 0 radical (unpaired) electrons. The van der Waals surface area contributed by atoms with E-state index in [1.807, 2.05) is 0 Å². The minimum absolute atomic E-state index is 0.239. The Hall–Kier alpha value is -1.01. The molecule has 0 aromatic heterocycles. The second-order valence-corrected chi connectivity index (χ2v) is 5.83. The molecule has 1 heteroatoms. The predicted molar refractivity (Wildman–Crippen MR) is 72.9 cm³/mol. The van der Waals surface area contributed by atoms with Gasteiger partial charge in [-0.3, -0.25) is 0 Å². The van der Waals surface area contributed by atoms with Crippen molar-refractivity contribution in [2.24, 2.45) is 0 Å². The van der Waals surface area contributed by atoms with E-state index in [4.69, 9.17) is 11.6 Å². The van der Waals surface area contributed by atoms with Gasteiger partial charge in [0.1, 0.15) is 0 Å². The number of fused-ring (bicyclic) bond motifs is 2. The van der Waals surface area contributed by atoms with E-state index in [-0.39, 0.29) is 5.38 Å². The van der Waals surface area contributed by atoms with E-state index in [0.29, 0.717) is 0 Å². The minimum Gasteiger partial charge on any atom is -0.118 e. The van der Waals surface area contributed by atoms with Gasteiger partial charge in [0.2, 0.25) is 0 Å². The van der Waals surface area contributed by atoms with E-state index < -0.39 is 0 Å². The van der Waals surface area contributed by atoms with Crippen molar-refractivity contribution in [3.63, 3.8) is 0 Å². The van der Waals surface area contributed by atoms with Crippen molar-refractivity contribution in [3.8, 4) is 0 Å². The van der Waals surface area contributed by atoms with Gasteiger partial charge in [-0.2, -0.15) is 0 Å². The largest absolute Gasteiger partial charge is 0.118 e. The summed E-state index contributed by atoms with van der Waals surface area (Å²) in [4.78, 5) is 0. The lowest BCUT2D eigenvalue weighted by molar-refractivity contribution is 0.671. The standard InChI is InChI=1S/C16H15Cl/c17-15-6-2-4-12-13-5-1-3-10-7-8-11(16(10)13)9-14(12)15/h1,3,5,9,15H,2,4,6-8H2. The van der Waals surface area contributed by atoms with Crippen LogP contribution in [0.15, 0.2) is 24.3 Å². The van der Waals surface area contributed by atoms with Crippen LogP contribution >= 0.6 is 11.6 Å². The molecule has 0 nitrogen and oxygen atoms in total. The lowest BCUT2D eigenvalue weighted by Crippen LogP contribution is -2.06. The maximum Gasteiger partial charge on any atom is 0.0588 e. The Morgan fingerprint density at radius 2 is 1.94 bits per heavy atom. The third-order valence-electron chi connectivity index (χ3n) is 4.36. The molecular weight excluding hydrogens is 228 g/mol. The fraction of sp³-hybridized carbons (Fsp3) is 0.375. The number of rotatable bonds is 0. The van der Waals surface area contributed by atoms with Gasteiger partial charge in [0.05, 0.1) is 5.38 Å². The van der Waals surface area contributed by atoms with Crippen LogP contribution in [0.3, 0.4) is 0 Å². The predicted octanol–water partition coefficient (Wildman–Crippen LogP) is 4.55. The monoisotopic (exact) mass is 242 g/mol. The highest BCUT2D eigenvalue weighted by atomic mass is 35.5. The van der Waals surface area contributed by atoms with Crippen molar-refractivity contribution in [1.82, 2.24) is 0 Å². The zero-order valence-electron chi connectivity index (χ0n) is 9.80. The zero-order chi connectivity index (χ0) is 11.4. The molecule has 17 heavy (non-hydrogen) atoms. The number of aryl methyl sites for hydroxylation is 3. The van der Waals surface area contributed by atoms with E-state index in [1.165, 1.54) is 58.7 Å². The smallest absolute Gasteiger partial charge is 0.0588 e. The van der Waals surface area contributed by atoms with Crippen LogP contribution in [0.4, 0.5) is 0 Å². The van der Waals surface area contributed by atoms with Crippen molar-refractivity contribution in [2.75, 3.05) is 0 Å². The van der Waals surface area contributed by atoms with Crippen molar-refractivity contribution in [3.05, 3.63) is 46.5 Å². The Morgan fingerprint density at radius 1 is 1.06 bits per heavy atom. The molecule has 2 aliphatic rings. The van der Waals surface area contributed by atoms with Crippen molar-refractivity contribution >= 4 is 22.4 Å². The van der Waals surface area contributed by atoms with Crippen LogP contribution in [0.5, 0.6) is 0 Å². The minimum atomic E-state index is 0.239. The first kappa shape index (κ1) is 9.96. The van der Waals surface area contributed by atoms with Crippen LogP contribution in [0.1, 0.15) is 40.5 Å². The van der Waals surface area contributed by atoms with Gasteiger partial charge in [-0.1, -0.05) is 24.3 Å². The van der Waals surface area contributed by atoms with Crippen LogP contribution in [-0.4, -0.2) is 0 Å². The molecule has 2 aliphatic carbocycles. The van der Waals surface area contributed by atoms with Gasteiger partial charge in [0.25, 0.3) is 0 Å². The molecule has 86 valence electrons. The average molecular weight is 243 g/mol. The third-order valence-corrected chi connectivity index (χ3v) is 4.81. The molecule has 4 rings (SSSR count). The van der Waals surface area contributed by atoms with E-state index in [1.54, 1.807) is 0 Å². The van der Waals surface area contributed by atoms with Crippen molar-refractivity contribution in [1.29, 1.82) is 0 Å². The second-order valence-electron chi connectivity index (χ2n) is 5.30. The summed E-state index contributed by atoms with van der Waals surface area (Å²) in [5, 5.41) is 3.26. The average Bonchev–Trinajstić information content (AvgIpc) is 2.76. The maximum absolute atomic E-state index is 6.49. The topological polar surface area (TPSA) is 0 Å². The van der Waals surface area contributed by atoms with Gasteiger partial charge in [-0.05, 0) is 65.1 Å². The number of halogens is 1. The highest BCUT2D eigenvalue weighted by molar-refractivity contribution is 6.21.